The molecular formula is C21H23N3O4. The van der Waals surface area contributed by atoms with Gasteiger partial charge in [-0.25, -0.2) is 0 Å². The van der Waals surface area contributed by atoms with Gasteiger partial charge in [-0.2, -0.15) is 5.10 Å². The molecule has 0 saturated heterocycles. The highest BCUT2D eigenvalue weighted by Gasteiger charge is 2.19. The Balaban J connectivity index is 1.60. The fraction of sp³-hybridized carbons (Fsp3) is 0.286. The number of rotatable bonds is 7. The standard InChI is InChI=1S/C21H23N3O4/c1-4-26-17-7-5-6-15(20(17)25-3)11-22-21-19(13(2)23-24-21)14-8-9-16-18(10-14)28-12-27-16/h5-10H,4,11-12H2,1-3H3,(H2,22,23,24). The van der Waals surface area contributed by atoms with E-state index in [-0.39, 0.29) is 6.79 Å². The Labute approximate surface area is 163 Å². The summed E-state index contributed by atoms with van der Waals surface area (Å²) in [7, 11) is 1.65. The van der Waals surface area contributed by atoms with Crippen LogP contribution in [0.3, 0.4) is 0 Å². The minimum Gasteiger partial charge on any atom is -0.493 e. The van der Waals surface area contributed by atoms with Gasteiger partial charge < -0.3 is 24.3 Å². The third-order valence-corrected chi connectivity index (χ3v) is 4.62. The third-order valence-electron chi connectivity index (χ3n) is 4.62. The van der Waals surface area contributed by atoms with E-state index in [4.69, 9.17) is 18.9 Å². The molecule has 0 amide bonds. The highest BCUT2D eigenvalue weighted by Crippen LogP contribution is 2.39. The fourth-order valence-corrected chi connectivity index (χ4v) is 3.34. The van der Waals surface area contributed by atoms with Crippen LogP contribution in [0.15, 0.2) is 36.4 Å². The van der Waals surface area contributed by atoms with Crippen molar-refractivity contribution in [3.05, 3.63) is 47.7 Å². The molecule has 0 unspecified atom stereocenters. The van der Waals surface area contributed by atoms with E-state index >= 15 is 0 Å². The number of nitrogens with zero attached hydrogens (tertiary/aromatic N) is 1. The molecule has 0 aliphatic carbocycles. The number of benzene rings is 2. The third kappa shape index (κ3) is 3.31. The lowest BCUT2D eigenvalue weighted by molar-refractivity contribution is 0.174. The van der Waals surface area contributed by atoms with E-state index in [1.54, 1.807) is 7.11 Å². The minimum absolute atomic E-state index is 0.254. The van der Waals surface area contributed by atoms with E-state index in [0.29, 0.717) is 13.2 Å². The van der Waals surface area contributed by atoms with Crippen LogP contribution < -0.4 is 24.3 Å². The van der Waals surface area contributed by atoms with Gasteiger partial charge in [0.2, 0.25) is 6.79 Å². The predicted molar refractivity (Wildman–Crippen MR) is 106 cm³/mol. The van der Waals surface area contributed by atoms with E-state index < -0.39 is 0 Å². The molecule has 0 atom stereocenters. The Bertz CT molecular complexity index is 984. The minimum atomic E-state index is 0.254. The van der Waals surface area contributed by atoms with Gasteiger partial charge in [0.1, 0.15) is 0 Å². The summed E-state index contributed by atoms with van der Waals surface area (Å²) in [6.45, 7) is 5.33. The molecule has 7 nitrogen and oxygen atoms in total. The summed E-state index contributed by atoms with van der Waals surface area (Å²) in [6, 6.07) is 11.8. The van der Waals surface area contributed by atoms with Gasteiger partial charge in [0.25, 0.3) is 0 Å². The van der Waals surface area contributed by atoms with Crippen molar-refractivity contribution in [3.63, 3.8) is 0 Å². The monoisotopic (exact) mass is 381 g/mol. The summed E-state index contributed by atoms with van der Waals surface area (Å²) in [4.78, 5) is 0. The van der Waals surface area contributed by atoms with Gasteiger partial charge >= 0.3 is 0 Å². The number of ether oxygens (including phenoxy) is 4. The van der Waals surface area contributed by atoms with E-state index in [0.717, 1.165) is 51.2 Å². The maximum Gasteiger partial charge on any atom is 0.231 e. The zero-order valence-corrected chi connectivity index (χ0v) is 16.2. The summed E-state index contributed by atoms with van der Waals surface area (Å²) in [5.74, 6) is 3.74. The van der Waals surface area contributed by atoms with Crippen molar-refractivity contribution in [2.45, 2.75) is 20.4 Å². The zero-order valence-electron chi connectivity index (χ0n) is 16.2. The molecule has 28 heavy (non-hydrogen) atoms. The van der Waals surface area contributed by atoms with Crippen molar-refractivity contribution in [2.24, 2.45) is 0 Å². The van der Waals surface area contributed by atoms with Crippen LogP contribution in [-0.2, 0) is 6.54 Å². The first-order chi connectivity index (χ1) is 13.7. The average molecular weight is 381 g/mol. The number of anilines is 1. The van der Waals surface area contributed by atoms with E-state index in [1.807, 2.05) is 50.2 Å². The average Bonchev–Trinajstić information content (AvgIpc) is 3.32. The normalized spacial score (nSPS) is 12.1. The molecule has 1 aromatic heterocycles. The second kappa shape index (κ2) is 7.72. The number of methoxy groups -OCH3 is 1. The van der Waals surface area contributed by atoms with Crippen LogP contribution in [0.25, 0.3) is 11.1 Å². The largest absolute Gasteiger partial charge is 0.493 e. The summed E-state index contributed by atoms with van der Waals surface area (Å²) in [6.07, 6.45) is 0. The maximum absolute atomic E-state index is 5.66. The fourth-order valence-electron chi connectivity index (χ4n) is 3.34. The van der Waals surface area contributed by atoms with Crippen molar-refractivity contribution in [1.82, 2.24) is 10.2 Å². The van der Waals surface area contributed by atoms with Gasteiger partial charge in [0.15, 0.2) is 28.8 Å². The number of fused-ring (bicyclic) bond motifs is 1. The molecular weight excluding hydrogens is 358 g/mol. The van der Waals surface area contributed by atoms with E-state index in [9.17, 15) is 0 Å². The molecule has 2 N–H and O–H groups in total. The molecule has 1 aliphatic rings. The van der Waals surface area contributed by atoms with Gasteiger partial charge in [-0.05, 0) is 37.6 Å². The number of para-hydroxylation sites is 1. The highest BCUT2D eigenvalue weighted by atomic mass is 16.7. The van der Waals surface area contributed by atoms with Gasteiger partial charge in [-0.1, -0.05) is 18.2 Å². The molecule has 3 aromatic rings. The van der Waals surface area contributed by atoms with Crippen LogP contribution in [0, 0.1) is 6.92 Å². The van der Waals surface area contributed by atoms with Crippen LogP contribution in [0.5, 0.6) is 23.0 Å². The van der Waals surface area contributed by atoms with Crippen LogP contribution in [0.4, 0.5) is 5.82 Å². The maximum atomic E-state index is 5.66. The van der Waals surface area contributed by atoms with Crippen molar-refractivity contribution in [3.8, 4) is 34.1 Å². The number of H-pyrrole nitrogens is 1. The summed E-state index contributed by atoms with van der Waals surface area (Å²) >= 11 is 0. The highest BCUT2D eigenvalue weighted by molar-refractivity contribution is 5.79. The van der Waals surface area contributed by atoms with Crippen LogP contribution in [-0.4, -0.2) is 30.7 Å². The Hall–Kier alpha value is -3.35. The summed E-state index contributed by atoms with van der Waals surface area (Å²) < 4.78 is 22.1. The number of hydrogen-bond donors (Lipinski definition) is 2. The smallest absolute Gasteiger partial charge is 0.231 e. The topological polar surface area (TPSA) is 77.6 Å². The van der Waals surface area contributed by atoms with Crippen molar-refractivity contribution < 1.29 is 18.9 Å². The first kappa shape index (κ1) is 18.0. The number of aryl methyl sites for hydroxylation is 1. The van der Waals surface area contributed by atoms with E-state index in [1.165, 1.54) is 0 Å². The Morgan fingerprint density at radius 1 is 1.18 bits per heavy atom. The first-order valence-electron chi connectivity index (χ1n) is 9.18. The number of nitrogens with one attached hydrogen (secondary N) is 2. The van der Waals surface area contributed by atoms with Gasteiger partial charge in [0, 0.05) is 23.4 Å². The molecule has 2 heterocycles. The SMILES string of the molecule is CCOc1cccc(CNc2n[nH]c(C)c2-c2ccc3c(c2)OCO3)c1OC. The molecule has 0 bridgehead atoms. The molecule has 0 radical (unpaired) electrons. The molecule has 0 fully saturated rings. The Kier molecular flexibility index (Phi) is 4.97. The molecule has 7 heteroatoms. The van der Waals surface area contributed by atoms with Crippen LogP contribution >= 0.6 is 0 Å². The van der Waals surface area contributed by atoms with Crippen LogP contribution in [0.1, 0.15) is 18.2 Å². The van der Waals surface area contributed by atoms with E-state index in [2.05, 4.69) is 15.5 Å². The Morgan fingerprint density at radius 3 is 2.86 bits per heavy atom. The molecule has 1 aliphatic heterocycles. The number of aromatic amines is 1. The number of aromatic nitrogens is 2. The van der Waals surface area contributed by atoms with Gasteiger partial charge in [-0.15, -0.1) is 0 Å². The van der Waals surface area contributed by atoms with Crippen LogP contribution in [0.2, 0.25) is 0 Å². The second-order valence-corrected chi connectivity index (χ2v) is 6.38. The quantitative estimate of drug-likeness (QED) is 0.641. The van der Waals surface area contributed by atoms with Gasteiger partial charge in [0.05, 0.1) is 13.7 Å². The predicted octanol–water partition coefficient (Wildman–Crippen LogP) is 4.13. The zero-order chi connectivity index (χ0) is 19.5. The van der Waals surface area contributed by atoms with Crippen molar-refractivity contribution in [1.29, 1.82) is 0 Å². The van der Waals surface area contributed by atoms with Gasteiger partial charge in [-0.3, -0.25) is 5.10 Å². The molecule has 146 valence electrons. The lowest BCUT2D eigenvalue weighted by atomic mass is 10.0. The summed E-state index contributed by atoms with van der Waals surface area (Å²) in [5.41, 5.74) is 3.97. The molecule has 0 saturated carbocycles. The molecule has 4 rings (SSSR count). The molecule has 2 aromatic carbocycles. The lowest BCUT2D eigenvalue weighted by Crippen LogP contribution is -2.05. The lowest BCUT2D eigenvalue weighted by Gasteiger charge is -2.14. The summed E-state index contributed by atoms with van der Waals surface area (Å²) in [5, 5.41) is 10.9. The molecule has 0 spiro atoms. The Morgan fingerprint density at radius 2 is 2.04 bits per heavy atom. The van der Waals surface area contributed by atoms with Crippen molar-refractivity contribution in [2.75, 3.05) is 25.8 Å². The number of hydrogen-bond acceptors (Lipinski definition) is 6. The first-order valence-corrected chi connectivity index (χ1v) is 9.18. The van der Waals surface area contributed by atoms with Crippen molar-refractivity contribution >= 4 is 5.82 Å². The second-order valence-electron chi connectivity index (χ2n) is 6.38.